The molecule has 1 N–H and O–H groups in total. The highest BCUT2D eigenvalue weighted by Crippen LogP contribution is 2.35. The van der Waals surface area contributed by atoms with Crippen molar-refractivity contribution >= 4 is 28.1 Å². The number of nitrogens with one attached hydrogen (secondary N) is 1. The van der Waals surface area contributed by atoms with E-state index in [2.05, 4.69) is 28.9 Å². The molecule has 4 nitrogen and oxygen atoms in total. The van der Waals surface area contributed by atoms with Gasteiger partial charge in [-0.15, -0.1) is 11.3 Å². The van der Waals surface area contributed by atoms with Crippen LogP contribution in [0.3, 0.4) is 0 Å². The van der Waals surface area contributed by atoms with Gasteiger partial charge in [-0.2, -0.15) is 0 Å². The highest BCUT2D eigenvalue weighted by atomic mass is 32.1. The molecule has 1 amide bonds. The lowest BCUT2D eigenvalue weighted by molar-refractivity contribution is 0.0989. The van der Waals surface area contributed by atoms with Crippen LogP contribution in [0.25, 0.3) is 11.3 Å². The van der Waals surface area contributed by atoms with Crippen LogP contribution in [-0.4, -0.2) is 23.5 Å². The van der Waals surface area contributed by atoms with E-state index in [9.17, 15) is 4.79 Å². The molecule has 5 heteroatoms. The fourth-order valence-corrected chi connectivity index (χ4v) is 5.42. The molecule has 1 saturated carbocycles. The summed E-state index contributed by atoms with van der Waals surface area (Å²) in [5.74, 6) is 0.0900. The van der Waals surface area contributed by atoms with Gasteiger partial charge in [-0.1, -0.05) is 43.5 Å². The van der Waals surface area contributed by atoms with Crippen molar-refractivity contribution in [3.05, 3.63) is 64.5 Å². The number of benzene rings is 2. The highest BCUT2D eigenvalue weighted by Gasteiger charge is 2.27. The molecule has 154 valence electrons. The van der Waals surface area contributed by atoms with Crippen molar-refractivity contribution < 1.29 is 4.79 Å². The first-order chi connectivity index (χ1) is 14.7. The summed E-state index contributed by atoms with van der Waals surface area (Å²) in [7, 11) is 0. The lowest BCUT2D eigenvalue weighted by Gasteiger charge is -2.22. The van der Waals surface area contributed by atoms with Gasteiger partial charge in [0.2, 0.25) is 0 Å². The maximum atomic E-state index is 13.1. The van der Waals surface area contributed by atoms with Gasteiger partial charge in [0.05, 0.1) is 5.69 Å². The summed E-state index contributed by atoms with van der Waals surface area (Å²) >= 11 is 1.69. The fraction of sp³-hybridized carbons (Fsp3) is 0.360. The van der Waals surface area contributed by atoms with Gasteiger partial charge in [0.25, 0.3) is 5.91 Å². The smallest absolute Gasteiger partial charge is 0.258 e. The van der Waals surface area contributed by atoms with Crippen LogP contribution in [0.2, 0.25) is 0 Å². The summed E-state index contributed by atoms with van der Waals surface area (Å²) in [5, 5.41) is 6.78. The number of thiazole rings is 1. The van der Waals surface area contributed by atoms with Gasteiger partial charge in [0.1, 0.15) is 0 Å². The minimum absolute atomic E-state index is 0.0900. The van der Waals surface area contributed by atoms with Crippen LogP contribution in [0.5, 0.6) is 0 Å². The van der Waals surface area contributed by atoms with E-state index in [1.54, 1.807) is 11.3 Å². The van der Waals surface area contributed by atoms with Crippen molar-refractivity contribution in [2.75, 3.05) is 16.8 Å². The standard InChI is InChI=1S/C25H27N3OS/c1-17-7-5-6-10-21(17)24(29)28-14-13-19-15-18(11-12-23(19)28)22-16-30-25(27-22)26-20-8-3-2-4-9-20/h5-7,10-12,15-16,20H,2-4,8-9,13-14H2,1H3,(H,26,27). The predicted molar refractivity (Wildman–Crippen MR) is 125 cm³/mol. The first-order valence-electron chi connectivity index (χ1n) is 10.9. The predicted octanol–water partition coefficient (Wildman–Crippen LogP) is 6.07. The maximum absolute atomic E-state index is 13.1. The van der Waals surface area contributed by atoms with Crippen molar-refractivity contribution in [1.29, 1.82) is 0 Å². The quantitative estimate of drug-likeness (QED) is 0.561. The van der Waals surface area contributed by atoms with E-state index in [0.29, 0.717) is 6.04 Å². The van der Waals surface area contributed by atoms with E-state index in [1.807, 2.05) is 36.1 Å². The Morgan fingerprint density at radius 1 is 1.13 bits per heavy atom. The number of amides is 1. The largest absolute Gasteiger partial charge is 0.359 e. The number of nitrogens with zero attached hydrogens (tertiary/aromatic N) is 2. The van der Waals surface area contributed by atoms with E-state index in [1.165, 1.54) is 37.7 Å². The Kier molecular flexibility index (Phi) is 5.30. The van der Waals surface area contributed by atoms with Crippen LogP contribution in [0.1, 0.15) is 53.6 Å². The van der Waals surface area contributed by atoms with Gasteiger partial charge < -0.3 is 10.2 Å². The van der Waals surface area contributed by atoms with Crippen LogP contribution >= 0.6 is 11.3 Å². The van der Waals surface area contributed by atoms with E-state index in [0.717, 1.165) is 46.2 Å². The Morgan fingerprint density at radius 2 is 1.97 bits per heavy atom. The molecule has 0 spiro atoms. The zero-order chi connectivity index (χ0) is 20.5. The molecule has 2 aromatic carbocycles. The van der Waals surface area contributed by atoms with Gasteiger partial charge >= 0.3 is 0 Å². The second-order valence-electron chi connectivity index (χ2n) is 8.38. The molecule has 2 heterocycles. The molecule has 0 bridgehead atoms. The Labute approximate surface area is 182 Å². The Hall–Kier alpha value is -2.66. The minimum Gasteiger partial charge on any atom is -0.359 e. The molecule has 1 aliphatic heterocycles. The van der Waals surface area contributed by atoms with Crippen LogP contribution in [-0.2, 0) is 6.42 Å². The maximum Gasteiger partial charge on any atom is 0.258 e. The number of aromatic nitrogens is 1. The molecule has 1 aromatic heterocycles. The van der Waals surface area contributed by atoms with Crippen LogP contribution in [0.4, 0.5) is 10.8 Å². The molecular formula is C25H27N3OS. The van der Waals surface area contributed by atoms with Gasteiger partial charge in [0.15, 0.2) is 5.13 Å². The average Bonchev–Trinajstić information content (AvgIpc) is 3.41. The number of anilines is 2. The minimum atomic E-state index is 0.0900. The van der Waals surface area contributed by atoms with Gasteiger partial charge in [-0.25, -0.2) is 4.98 Å². The van der Waals surface area contributed by atoms with Crippen LogP contribution in [0, 0.1) is 6.92 Å². The van der Waals surface area contributed by atoms with Crippen LogP contribution < -0.4 is 10.2 Å². The van der Waals surface area contributed by atoms with Gasteiger partial charge in [-0.05, 0) is 55.5 Å². The number of rotatable bonds is 4. The van der Waals surface area contributed by atoms with Crippen molar-refractivity contribution in [2.45, 2.75) is 51.5 Å². The normalized spacial score (nSPS) is 16.5. The number of fused-ring (bicyclic) bond motifs is 1. The third kappa shape index (κ3) is 3.74. The lowest BCUT2D eigenvalue weighted by Crippen LogP contribution is -2.29. The third-order valence-corrected chi connectivity index (χ3v) is 7.10. The summed E-state index contributed by atoms with van der Waals surface area (Å²) in [5.41, 5.74) is 6.21. The summed E-state index contributed by atoms with van der Waals surface area (Å²) in [6.45, 7) is 2.73. The number of hydrogen-bond donors (Lipinski definition) is 1. The van der Waals surface area contributed by atoms with E-state index >= 15 is 0 Å². The summed E-state index contributed by atoms with van der Waals surface area (Å²) in [6.07, 6.45) is 7.38. The number of carbonyl (C=O) groups excluding carboxylic acids is 1. The number of aryl methyl sites for hydroxylation is 1. The van der Waals surface area contributed by atoms with Crippen LogP contribution in [0.15, 0.2) is 47.8 Å². The molecule has 3 aromatic rings. The topological polar surface area (TPSA) is 45.2 Å². The van der Waals surface area contributed by atoms with Gasteiger partial charge in [0, 0.05) is 34.8 Å². The fourth-order valence-electron chi connectivity index (χ4n) is 4.62. The monoisotopic (exact) mass is 417 g/mol. The van der Waals surface area contributed by atoms with E-state index in [-0.39, 0.29) is 5.91 Å². The summed E-state index contributed by atoms with van der Waals surface area (Å²) < 4.78 is 0. The second kappa shape index (κ2) is 8.23. The molecule has 0 atom stereocenters. The van der Waals surface area contributed by atoms with Crippen molar-refractivity contribution in [1.82, 2.24) is 4.98 Å². The number of hydrogen-bond acceptors (Lipinski definition) is 4. The molecular weight excluding hydrogens is 390 g/mol. The van der Waals surface area contributed by atoms with Crippen molar-refractivity contribution in [3.63, 3.8) is 0 Å². The zero-order valence-electron chi connectivity index (χ0n) is 17.4. The third-order valence-electron chi connectivity index (χ3n) is 6.33. The molecule has 1 aliphatic carbocycles. The molecule has 5 rings (SSSR count). The SMILES string of the molecule is Cc1ccccc1C(=O)N1CCc2cc(-c3csc(NC4CCCCC4)n3)ccc21. The number of carbonyl (C=O) groups is 1. The van der Waals surface area contributed by atoms with Crippen molar-refractivity contribution in [2.24, 2.45) is 0 Å². The van der Waals surface area contributed by atoms with E-state index in [4.69, 9.17) is 4.98 Å². The van der Waals surface area contributed by atoms with E-state index < -0.39 is 0 Å². The summed E-state index contributed by atoms with van der Waals surface area (Å²) in [6, 6.07) is 14.8. The summed E-state index contributed by atoms with van der Waals surface area (Å²) in [4.78, 5) is 19.8. The molecule has 30 heavy (non-hydrogen) atoms. The Balaban J connectivity index is 1.34. The highest BCUT2D eigenvalue weighted by molar-refractivity contribution is 7.14. The van der Waals surface area contributed by atoms with Gasteiger partial charge in [-0.3, -0.25) is 4.79 Å². The van der Waals surface area contributed by atoms with Crippen molar-refractivity contribution in [3.8, 4) is 11.3 Å². The molecule has 0 unspecified atom stereocenters. The molecule has 0 saturated heterocycles. The molecule has 2 aliphatic rings. The lowest BCUT2D eigenvalue weighted by atomic mass is 9.96. The first-order valence-corrected chi connectivity index (χ1v) is 11.8. The second-order valence-corrected chi connectivity index (χ2v) is 9.24. The molecule has 1 fully saturated rings. The molecule has 0 radical (unpaired) electrons. The average molecular weight is 418 g/mol. The Bertz CT molecular complexity index is 1070. The Morgan fingerprint density at radius 3 is 2.80 bits per heavy atom. The zero-order valence-corrected chi connectivity index (χ0v) is 18.2. The first kappa shape index (κ1) is 19.3.